The van der Waals surface area contributed by atoms with E-state index < -0.39 is 11.9 Å². The second kappa shape index (κ2) is 5.93. The standard InChI is InChI=1S/C18H15ClO3/c19-14-7-5-12(6-8-14)11-1-3-13(4-2-11)17(20)15-9-10-16(15)18(21)22/h1-8,15-16H,9-10H2,(H,21,22). The van der Waals surface area contributed by atoms with Crippen molar-refractivity contribution in [3.05, 3.63) is 59.1 Å². The highest BCUT2D eigenvalue weighted by Crippen LogP contribution is 2.37. The molecule has 3 nitrogen and oxygen atoms in total. The number of Topliss-reactive ketones (excluding diaryl/α,β-unsaturated/α-hetero) is 1. The highest BCUT2D eigenvalue weighted by atomic mass is 35.5. The summed E-state index contributed by atoms with van der Waals surface area (Å²) in [5.74, 6) is -1.84. The topological polar surface area (TPSA) is 54.4 Å². The van der Waals surface area contributed by atoms with Crippen molar-refractivity contribution in [3.8, 4) is 11.1 Å². The third-order valence-corrected chi connectivity index (χ3v) is 4.53. The Labute approximate surface area is 133 Å². The van der Waals surface area contributed by atoms with E-state index in [2.05, 4.69) is 0 Å². The van der Waals surface area contributed by atoms with E-state index in [0.29, 0.717) is 23.4 Å². The van der Waals surface area contributed by atoms with E-state index in [4.69, 9.17) is 16.7 Å². The predicted octanol–water partition coefficient (Wildman–Crippen LogP) is 4.30. The number of ketones is 1. The van der Waals surface area contributed by atoms with Gasteiger partial charge in [0.25, 0.3) is 0 Å². The van der Waals surface area contributed by atoms with E-state index in [1.54, 1.807) is 12.1 Å². The maximum Gasteiger partial charge on any atom is 0.307 e. The Morgan fingerprint density at radius 3 is 1.82 bits per heavy atom. The lowest BCUT2D eigenvalue weighted by Crippen LogP contribution is -2.38. The third-order valence-electron chi connectivity index (χ3n) is 4.28. The molecule has 112 valence electrons. The fourth-order valence-electron chi connectivity index (χ4n) is 2.79. The van der Waals surface area contributed by atoms with Crippen LogP contribution < -0.4 is 0 Å². The summed E-state index contributed by atoms with van der Waals surface area (Å²) in [6.07, 6.45) is 1.25. The molecule has 1 aliphatic carbocycles. The molecule has 1 aliphatic rings. The SMILES string of the molecule is O=C(O)C1CCC1C(=O)c1ccc(-c2ccc(Cl)cc2)cc1. The van der Waals surface area contributed by atoms with Gasteiger partial charge in [0.2, 0.25) is 0 Å². The molecule has 0 spiro atoms. The number of carbonyl (C=O) groups excluding carboxylic acids is 1. The summed E-state index contributed by atoms with van der Waals surface area (Å²) >= 11 is 5.87. The Bertz CT molecular complexity index is 704. The molecular weight excluding hydrogens is 300 g/mol. The number of carbonyl (C=O) groups is 2. The summed E-state index contributed by atoms with van der Waals surface area (Å²) in [6.45, 7) is 0. The quantitative estimate of drug-likeness (QED) is 0.856. The minimum atomic E-state index is -0.873. The molecule has 4 heteroatoms. The van der Waals surface area contributed by atoms with Crippen molar-refractivity contribution in [2.45, 2.75) is 12.8 Å². The molecule has 1 N–H and O–H groups in total. The molecule has 0 radical (unpaired) electrons. The van der Waals surface area contributed by atoms with Crippen LogP contribution in [0.2, 0.25) is 5.02 Å². The predicted molar refractivity (Wildman–Crippen MR) is 85.1 cm³/mol. The van der Waals surface area contributed by atoms with Crippen LogP contribution in [-0.2, 0) is 4.79 Å². The Hall–Kier alpha value is -2.13. The number of hydrogen-bond donors (Lipinski definition) is 1. The molecule has 2 unspecified atom stereocenters. The molecule has 0 amide bonds. The Morgan fingerprint density at radius 1 is 0.864 bits per heavy atom. The lowest BCUT2D eigenvalue weighted by Gasteiger charge is -2.31. The Balaban J connectivity index is 1.78. The lowest BCUT2D eigenvalue weighted by atomic mass is 9.70. The molecule has 22 heavy (non-hydrogen) atoms. The molecule has 3 rings (SSSR count). The number of halogens is 1. The first-order chi connectivity index (χ1) is 10.6. The van der Waals surface area contributed by atoms with Crippen LogP contribution in [0.5, 0.6) is 0 Å². The van der Waals surface area contributed by atoms with E-state index in [-0.39, 0.29) is 11.7 Å². The van der Waals surface area contributed by atoms with E-state index in [1.807, 2.05) is 36.4 Å². The first-order valence-corrected chi connectivity index (χ1v) is 7.57. The van der Waals surface area contributed by atoms with Gasteiger partial charge in [0.05, 0.1) is 5.92 Å². The second-order valence-electron chi connectivity index (χ2n) is 5.58. The minimum absolute atomic E-state index is 0.0682. The summed E-state index contributed by atoms with van der Waals surface area (Å²) in [5, 5.41) is 9.73. The molecule has 0 aliphatic heterocycles. The van der Waals surface area contributed by atoms with Crippen molar-refractivity contribution < 1.29 is 14.7 Å². The lowest BCUT2D eigenvalue weighted by molar-refractivity contribution is -0.146. The largest absolute Gasteiger partial charge is 0.481 e. The first kappa shape index (κ1) is 14.8. The minimum Gasteiger partial charge on any atom is -0.481 e. The molecule has 1 saturated carbocycles. The van der Waals surface area contributed by atoms with Crippen LogP contribution in [0.4, 0.5) is 0 Å². The van der Waals surface area contributed by atoms with Crippen molar-refractivity contribution in [2.75, 3.05) is 0 Å². The van der Waals surface area contributed by atoms with Gasteiger partial charge in [-0.15, -0.1) is 0 Å². The number of hydrogen-bond acceptors (Lipinski definition) is 2. The van der Waals surface area contributed by atoms with Gasteiger partial charge in [0.15, 0.2) is 5.78 Å². The van der Waals surface area contributed by atoms with Gasteiger partial charge < -0.3 is 5.11 Å². The molecular formula is C18H15ClO3. The second-order valence-corrected chi connectivity index (χ2v) is 6.01. The number of rotatable bonds is 4. The molecule has 0 bridgehead atoms. The van der Waals surface area contributed by atoms with Crippen LogP contribution in [0.15, 0.2) is 48.5 Å². The molecule has 2 atom stereocenters. The average molecular weight is 315 g/mol. The maximum absolute atomic E-state index is 12.4. The Morgan fingerprint density at radius 2 is 1.36 bits per heavy atom. The zero-order valence-corrected chi connectivity index (χ0v) is 12.6. The highest BCUT2D eigenvalue weighted by molar-refractivity contribution is 6.30. The van der Waals surface area contributed by atoms with Crippen LogP contribution in [0, 0.1) is 11.8 Å². The van der Waals surface area contributed by atoms with E-state index >= 15 is 0 Å². The smallest absolute Gasteiger partial charge is 0.307 e. The van der Waals surface area contributed by atoms with Crippen LogP contribution in [0.25, 0.3) is 11.1 Å². The zero-order valence-electron chi connectivity index (χ0n) is 11.8. The van der Waals surface area contributed by atoms with E-state index in [0.717, 1.165) is 11.1 Å². The van der Waals surface area contributed by atoms with Crippen LogP contribution in [0.1, 0.15) is 23.2 Å². The zero-order chi connectivity index (χ0) is 15.7. The average Bonchev–Trinajstić information content (AvgIpc) is 2.46. The summed E-state index contributed by atoms with van der Waals surface area (Å²) < 4.78 is 0. The first-order valence-electron chi connectivity index (χ1n) is 7.19. The summed E-state index contributed by atoms with van der Waals surface area (Å²) in [6, 6.07) is 14.8. The normalized spacial score (nSPS) is 20.2. The molecule has 2 aromatic rings. The monoisotopic (exact) mass is 314 g/mol. The fraction of sp³-hybridized carbons (Fsp3) is 0.222. The van der Waals surface area contributed by atoms with Gasteiger partial charge in [0, 0.05) is 16.5 Å². The summed E-state index contributed by atoms with van der Waals surface area (Å²) in [4.78, 5) is 23.4. The highest BCUT2D eigenvalue weighted by Gasteiger charge is 2.41. The van der Waals surface area contributed by atoms with Gasteiger partial charge in [-0.3, -0.25) is 9.59 Å². The van der Waals surface area contributed by atoms with Gasteiger partial charge in [-0.1, -0.05) is 48.0 Å². The van der Waals surface area contributed by atoms with Crippen LogP contribution in [0.3, 0.4) is 0 Å². The summed E-state index contributed by atoms with van der Waals surface area (Å²) in [5.41, 5.74) is 2.60. The van der Waals surface area contributed by atoms with Crippen LogP contribution in [-0.4, -0.2) is 16.9 Å². The summed E-state index contributed by atoms with van der Waals surface area (Å²) in [7, 11) is 0. The Kier molecular flexibility index (Phi) is 3.99. The van der Waals surface area contributed by atoms with E-state index in [1.165, 1.54) is 0 Å². The van der Waals surface area contributed by atoms with Crippen molar-refractivity contribution in [1.82, 2.24) is 0 Å². The van der Waals surface area contributed by atoms with Crippen molar-refractivity contribution in [3.63, 3.8) is 0 Å². The number of benzene rings is 2. The van der Waals surface area contributed by atoms with Gasteiger partial charge in [-0.25, -0.2) is 0 Å². The van der Waals surface area contributed by atoms with Gasteiger partial charge in [-0.05, 0) is 36.1 Å². The number of carboxylic acid groups (broad SMARTS) is 1. The molecule has 1 fully saturated rings. The van der Waals surface area contributed by atoms with Gasteiger partial charge in [0.1, 0.15) is 0 Å². The van der Waals surface area contributed by atoms with Crippen LogP contribution >= 0.6 is 11.6 Å². The molecule has 0 saturated heterocycles. The molecule has 2 aromatic carbocycles. The van der Waals surface area contributed by atoms with Gasteiger partial charge in [-0.2, -0.15) is 0 Å². The van der Waals surface area contributed by atoms with Crippen molar-refractivity contribution in [1.29, 1.82) is 0 Å². The van der Waals surface area contributed by atoms with E-state index in [9.17, 15) is 9.59 Å². The van der Waals surface area contributed by atoms with Gasteiger partial charge >= 0.3 is 5.97 Å². The number of aliphatic carboxylic acids is 1. The molecule has 0 aromatic heterocycles. The maximum atomic E-state index is 12.4. The van der Waals surface area contributed by atoms with Crippen molar-refractivity contribution >= 4 is 23.4 Å². The third kappa shape index (κ3) is 2.77. The molecule has 0 heterocycles. The number of carboxylic acids is 1. The van der Waals surface area contributed by atoms with Crippen molar-refractivity contribution in [2.24, 2.45) is 11.8 Å². The fourth-order valence-corrected chi connectivity index (χ4v) is 2.92.